The predicted octanol–water partition coefficient (Wildman–Crippen LogP) is 5.30. The summed E-state index contributed by atoms with van der Waals surface area (Å²) >= 11 is 1.96. The molecular weight excluding hydrogens is 468 g/mol. The maximum atomic E-state index is 12.2. The van der Waals surface area contributed by atoms with Gasteiger partial charge in [0.15, 0.2) is 5.65 Å². The number of hydrogen-bond donors (Lipinski definition) is 2. The molecule has 6 rings (SSSR count). The van der Waals surface area contributed by atoms with Crippen molar-refractivity contribution in [1.29, 1.82) is 0 Å². The molecule has 1 aliphatic heterocycles. The molecule has 7 nitrogen and oxygen atoms in total. The Bertz CT molecular complexity index is 1480. The predicted molar refractivity (Wildman–Crippen MR) is 146 cm³/mol. The highest BCUT2D eigenvalue weighted by molar-refractivity contribution is 7.19. The van der Waals surface area contributed by atoms with Crippen molar-refractivity contribution in [3.8, 4) is 11.3 Å². The van der Waals surface area contributed by atoms with E-state index >= 15 is 0 Å². The minimum atomic E-state index is 0.158. The molecule has 8 heteroatoms. The molecule has 0 aromatic carbocycles. The molecule has 2 fully saturated rings. The average Bonchev–Trinajstić information content (AvgIpc) is 3.63. The lowest BCUT2D eigenvalue weighted by Crippen LogP contribution is -2.42. The number of carbonyl (C=O) groups is 1. The summed E-state index contributed by atoms with van der Waals surface area (Å²) in [4.78, 5) is 25.7. The highest BCUT2D eigenvalue weighted by atomic mass is 32.1. The van der Waals surface area contributed by atoms with E-state index in [9.17, 15) is 4.79 Å². The highest BCUT2D eigenvalue weighted by Crippen LogP contribution is 2.53. The van der Waals surface area contributed by atoms with E-state index < -0.39 is 0 Å². The lowest BCUT2D eigenvalue weighted by atomic mass is 9.88. The normalized spacial score (nSPS) is 22.0. The molecule has 4 aromatic rings. The van der Waals surface area contributed by atoms with Gasteiger partial charge < -0.3 is 10.3 Å². The molecule has 36 heavy (non-hydrogen) atoms. The summed E-state index contributed by atoms with van der Waals surface area (Å²) in [6.07, 6.45) is 6.14. The summed E-state index contributed by atoms with van der Waals surface area (Å²) in [5.41, 5.74) is 8.64. The number of hydrogen-bond acceptors (Lipinski definition) is 5. The second-order valence-electron chi connectivity index (χ2n) is 11.1. The highest BCUT2D eigenvalue weighted by Gasteiger charge is 2.46. The van der Waals surface area contributed by atoms with E-state index in [2.05, 4.69) is 66.1 Å². The number of fused-ring (bicyclic) bond motifs is 4. The van der Waals surface area contributed by atoms with Gasteiger partial charge in [-0.05, 0) is 80.5 Å². The van der Waals surface area contributed by atoms with Crippen molar-refractivity contribution in [3.63, 3.8) is 0 Å². The van der Waals surface area contributed by atoms with Crippen molar-refractivity contribution in [1.82, 2.24) is 29.8 Å². The van der Waals surface area contributed by atoms with E-state index in [1.165, 1.54) is 56.6 Å². The van der Waals surface area contributed by atoms with E-state index in [1.807, 2.05) is 22.8 Å². The molecular formula is C28H36N6OS. The number of aryl methyl sites for hydroxylation is 2. The van der Waals surface area contributed by atoms with Crippen LogP contribution in [-0.4, -0.2) is 56.1 Å². The van der Waals surface area contributed by atoms with Crippen molar-refractivity contribution >= 4 is 33.1 Å². The summed E-state index contributed by atoms with van der Waals surface area (Å²) in [5.74, 6) is 1.80. The SMILES string of the molecule is CCNC(=O)CN1C[C@@H]2C[C@H]1C[C@H]2c1sc2[nH]c(-c3cn4ncnc4c(C)c3C)c(C(C)C)c2c1C. The number of nitrogens with zero attached hydrogens (tertiary/aromatic N) is 4. The van der Waals surface area contributed by atoms with Gasteiger partial charge in [-0.2, -0.15) is 5.10 Å². The Balaban J connectivity index is 1.36. The molecule has 190 valence electrons. The third-order valence-corrected chi connectivity index (χ3v) is 9.99. The zero-order chi connectivity index (χ0) is 25.3. The average molecular weight is 505 g/mol. The zero-order valence-electron chi connectivity index (χ0n) is 22.1. The topological polar surface area (TPSA) is 78.3 Å². The third-order valence-electron chi connectivity index (χ3n) is 8.65. The molecule has 0 radical (unpaired) electrons. The maximum Gasteiger partial charge on any atom is 0.234 e. The first-order valence-corrected chi connectivity index (χ1v) is 14.1. The van der Waals surface area contributed by atoms with Gasteiger partial charge in [0.2, 0.25) is 5.91 Å². The van der Waals surface area contributed by atoms with Gasteiger partial charge in [-0.1, -0.05) is 13.8 Å². The first kappa shape index (κ1) is 23.7. The number of pyridine rings is 1. The summed E-state index contributed by atoms with van der Waals surface area (Å²) < 4.78 is 1.90. The van der Waals surface area contributed by atoms with Crippen LogP contribution in [0.5, 0.6) is 0 Å². The lowest BCUT2D eigenvalue weighted by molar-refractivity contribution is -0.122. The van der Waals surface area contributed by atoms with Gasteiger partial charge in [0, 0.05) is 41.2 Å². The van der Waals surface area contributed by atoms with Crippen molar-refractivity contribution in [3.05, 3.63) is 39.7 Å². The fourth-order valence-corrected chi connectivity index (χ4v) is 8.28. The van der Waals surface area contributed by atoms with E-state index in [-0.39, 0.29) is 5.91 Å². The summed E-state index contributed by atoms with van der Waals surface area (Å²) in [6.45, 7) is 15.5. The van der Waals surface area contributed by atoms with Crippen molar-refractivity contribution in [2.45, 2.75) is 72.3 Å². The smallest absolute Gasteiger partial charge is 0.234 e. The van der Waals surface area contributed by atoms with Crippen LogP contribution in [0, 0.1) is 26.7 Å². The molecule has 2 aliphatic rings. The van der Waals surface area contributed by atoms with Gasteiger partial charge >= 0.3 is 0 Å². The number of aromatic amines is 1. The maximum absolute atomic E-state index is 12.2. The molecule has 1 saturated heterocycles. The number of amides is 1. The van der Waals surface area contributed by atoms with Crippen LogP contribution >= 0.6 is 11.3 Å². The van der Waals surface area contributed by atoms with Gasteiger partial charge in [-0.25, -0.2) is 9.50 Å². The van der Waals surface area contributed by atoms with Gasteiger partial charge in [0.05, 0.1) is 12.2 Å². The molecule has 3 atom stereocenters. The van der Waals surface area contributed by atoms with Crippen LogP contribution in [0.2, 0.25) is 0 Å². The Morgan fingerprint density at radius 2 is 2.03 bits per heavy atom. The lowest BCUT2D eigenvalue weighted by Gasteiger charge is -2.31. The van der Waals surface area contributed by atoms with Crippen molar-refractivity contribution in [2.75, 3.05) is 19.6 Å². The molecule has 1 aliphatic carbocycles. The summed E-state index contributed by atoms with van der Waals surface area (Å²) in [7, 11) is 0. The number of aromatic nitrogens is 4. The fourth-order valence-electron chi connectivity index (χ4n) is 6.84. The van der Waals surface area contributed by atoms with E-state index in [0.29, 0.717) is 36.9 Å². The third kappa shape index (κ3) is 3.52. The van der Waals surface area contributed by atoms with Crippen LogP contribution in [0.1, 0.15) is 72.6 Å². The number of piperidine rings is 1. The number of nitrogens with one attached hydrogen (secondary N) is 2. The van der Waals surface area contributed by atoms with Crippen LogP contribution < -0.4 is 5.32 Å². The Morgan fingerprint density at radius 3 is 2.72 bits per heavy atom. The number of carbonyl (C=O) groups excluding carboxylic acids is 1. The molecule has 1 amide bonds. The van der Waals surface area contributed by atoms with E-state index in [4.69, 9.17) is 0 Å². The first-order chi connectivity index (χ1) is 17.3. The quantitative estimate of drug-likeness (QED) is 0.373. The van der Waals surface area contributed by atoms with Crippen molar-refractivity contribution < 1.29 is 4.79 Å². The van der Waals surface area contributed by atoms with Gasteiger partial charge in [0.1, 0.15) is 11.2 Å². The molecule has 5 heterocycles. The Labute approximate surface area is 216 Å². The monoisotopic (exact) mass is 504 g/mol. The Kier molecular flexibility index (Phi) is 5.72. The first-order valence-electron chi connectivity index (χ1n) is 13.2. The largest absolute Gasteiger partial charge is 0.355 e. The van der Waals surface area contributed by atoms with Crippen LogP contribution in [0.25, 0.3) is 27.1 Å². The number of likely N-dealkylation sites (tertiary alicyclic amines) is 1. The Morgan fingerprint density at radius 1 is 1.22 bits per heavy atom. The van der Waals surface area contributed by atoms with Crippen LogP contribution in [0.4, 0.5) is 0 Å². The zero-order valence-corrected chi connectivity index (χ0v) is 22.9. The number of likely N-dealkylation sites (N-methyl/N-ethyl adjacent to an activating group) is 1. The number of rotatable bonds is 6. The van der Waals surface area contributed by atoms with Gasteiger partial charge in [-0.3, -0.25) is 9.69 Å². The second-order valence-corrected chi connectivity index (χ2v) is 12.1. The van der Waals surface area contributed by atoms with Crippen LogP contribution in [0.15, 0.2) is 12.5 Å². The van der Waals surface area contributed by atoms with Crippen LogP contribution in [0.3, 0.4) is 0 Å². The van der Waals surface area contributed by atoms with Gasteiger partial charge in [-0.15, -0.1) is 11.3 Å². The standard InChI is InChI=1S/C28H36N6OS/c1-7-29-22(35)12-33-10-18-8-19(33)9-20(18)26-17(6)24-23(14(2)3)25(32-28(24)36-26)21-11-34-27(30-13-31-34)16(5)15(21)4/h11,13-14,18-20,32H,7-10,12H2,1-6H3,(H,29,35)/t18-,19-,20+/m0/s1. The van der Waals surface area contributed by atoms with E-state index in [1.54, 1.807) is 11.2 Å². The molecule has 2 bridgehead atoms. The molecule has 0 spiro atoms. The number of H-pyrrole nitrogens is 1. The minimum Gasteiger partial charge on any atom is -0.355 e. The molecule has 0 unspecified atom stereocenters. The molecule has 4 aromatic heterocycles. The second kappa shape index (κ2) is 8.70. The van der Waals surface area contributed by atoms with E-state index in [0.717, 1.165) is 12.2 Å². The fraction of sp³-hybridized carbons (Fsp3) is 0.536. The Hall–Kier alpha value is -2.71. The van der Waals surface area contributed by atoms with Crippen molar-refractivity contribution in [2.24, 2.45) is 5.92 Å². The minimum absolute atomic E-state index is 0.158. The van der Waals surface area contributed by atoms with Crippen LogP contribution in [-0.2, 0) is 4.79 Å². The summed E-state index contributed by atoms with van der Waals surface area (Å²) in [6, 6.07) is 0.530. The summed E-state index contributed by atoms with van der Waals surface area (Å²) in [5, 5.41) is 8.80. The molecule has 1 saturated carbocycles. The number of thiophene rings is 1. The van der Waals surface area contributed by atoms with Gasteiger partial charge in [0.25, 0.3) is 0 Å². The molecule has 2 N–H and O–H groups in total.